The highest BCUT2D eigenvalue weighted by atomic mass is 16.5. The molecule has 0 aliphatic heterocycles. The van der Waals surface area contributed by atoms with Crippen LogP contribution in [0, 0.1) is 6.92 Å². The Morgan fingerprint density at radius 1 is 1.28 bits per heavy atom. The maximum atomic E-state index is 8.77. The molecule has 0 radical (unpaired) electrons. The molecule has 0 unspecified atom stereocenters. The third kappa shape index (κ3) is 3.57. The molecule has 0 amide bonds. The lowest BCUT2D eigenvalue weighted by Gasteiger charge is -2.20. The quantitative estimate of drug-likeness (QED) is 0.784. The molecule has 0 aliphatic carbocycles. The molecule has 1 heterocycles. The van der Waals surface area contributed by atoms with Crippen LogP contribution in [-0.2, 0) is 5.41 Å². The second-order valence-corrected chi connectivity index (χ2v) is 5.25. The second-order valence-electron chi connectivity index (χ2n) is 5.25. The number of hydrogen-bond acceptors (Lipinski definition) is 5. The molecule has 5 heteroatoms. The van der Waals surface area contributed by atoms with Crippen LogP contribution in [0.3, 0.4) is 0 Å². The number of rotatable bonds is 5. The van der Waals surface area contributed by atoms with Crippen molar-refractivity contribution in [2.75, 3.05) is 25.6 Å². The van der Waals surface area contributed by atoms with Gasteiger partial charge in [0.15, 0.2) is 0 Å². The van der Waals surface area contributed by atoms with Gasteiger partial charge in [0.05, 0.1) is 12.2 Å². The van der Waals surface area contributed by atoms with Gasteiger partial charge >= 0.3 is 0 Å². The molecule has 0 saturated carbocycles. The van der Waals surface area contributed by atoms with Gasteiger partial charge in [-0.1, -0.05) is 20.8 Å². The zero-order chi connectivity index (χ0) is 13.8. The lowest BCUT2D eigenvalue weighted by molar-refractivity contribution is 0.227. The molecule has 0 fully saturated rings. The third-order valence-electron chi connectivity index (χ3n) is 2.55. The van der Waals surface area contributed by atoms with E-state index in [0.29, 0.717) is 18.9 Å². The average Bonchev–Trinajstić information content (AvgIpc) is 2.30. The van der Waals surface area contributed by atoms with Crippen LogP contribution in [0.25, 0.3) is 0 Å². The summed E-state index contributed by atoms with van der Waals surface area (Å²) in [6.45, 7) is 8.70. The molecule has 0 saturated heterocycles. The van der Waals surface area contributed by atoms with Crippen molar-refractivity contribution in [3.05, 3.63) is 11.4 Å². The van der Waals surface area contributed by atoms with E-state index in [1.807, 2.05) is 14.0 Å². The fourth-order valence-electron chi connectivity index (χ4n) is 1.45. The van der Waals surface area contributed by atoms with E-state index in [1.54, 1.807) is 0 Å². The number of hydrogen-bond donors (Lipinski definition) is 2. The summed E-state index contributed by atoms with van der Waals surface area (Å²) in [6.07, 6.45) is 0.600. The summed E-state index contributed by atoms with van der Waals surface area (Å²) < 4.78 is 5.60. The molecule has 0 bridgehead atoms. The van der Waals surface area contributed by atoms with E-state index < -0.39 is 0 Å². The molecule has 1 rings (SSSR count). The Morgan fingerprint density at radius 3 is 2.44 bits per heavy atom. The van der Waals surface area contributed by atoms with E-state index in [1.165, 1.54) is 0 Å². The van der Waals surface area contributed by atoms with Crippen LogP contribution in [-0.4, -0.2) is 35.3 Å². The fourth-order valence-corrected chi connectivity index (χ4v) is 1.45. The minimum atomic E-state index is -0.131. The van der Waals surface area contributed by atoms with E-state index >= 15 is 0 Å². The molecule has 0 atom stereocenters. The van der Waals surface area contributed by atoms with Crippen molar-refractivity contribution < 1.29 is 9.84 Å². The molecule has 5 nitrogen and oxygen atoms in total. The van der Waals surface area contributed by atoms with Crippen molar-refractivity contribution in [3.63, 3.8) is 0 Å². The first kappa shape index (κ1) is 14.7. The molecule has 1 aromatic rings. The van der Waals surface area contributed by atoms with Crippen LogP contribution in [0.15, 0.2) is 0 Å². The normalized spacial score (nSPS) is 11.4. The van der Waals surface area contributed by atoms with Crippen molar-refractivity contribution in [1.82, 2.24) is 9.97 Å². The number of ether oxygens (including phenoxy) is 1. The predicted octanol–water partition coefficient (Wildman–Crippen LogP) is 1.89. The van der Waals surface area contributed by atoms with Gasteiger partial charge in [0.25, 0.3) is 0 Å². The molecule has 102 valence electrons. The summed E-state index contributed by atoms with van der Waals surface area (Å²) in [7, 11) is 1.83. The van der Waals surface area contributed by atoms with Crippen molar-refractivity contribution >= 4 is 5.82 Å². The van der Waals surface area contributed by atoms with Crippen molar-refractivity contribution in [1.29, 1.82) is 0 Å². The first-order valence-corrected chi connectivity index (χ1v) is 6.20. The Bertz CT molecular complexity index is 400. The van der Waals surface area contributed by atoms with Crippen molar-refractivity contribution in [2.45, 2.75) is 39.5 Å². The van der Waals surface area contributed by atoms with E-state index in [4.69, 9.17) is 9.84 Å². The highest BCUT2D eigenvalue weighted by molar-refractivity contribution is 5.48. The lowest BCUT2D eigenvalue weighted by Crippen LogP contribution is -2.19. The first-order valence-electron chi connectivity index (χ1n) is 6.20. The lowest BCUT2D eigenvalue weighted by atomic mass is 9.95. The molecular weight excluding hydrogens is 230 g/mol. The topological polar surface area (TPSA) is 67.3 Å². The third-order valence-corrected chi connectivity index (χ3v) is 2.55. The first-order chi connectivity index (χ1) is 8.40. The second kappa shape index (κ2) is 6.00. The van der Waals surface area contributed by atoms with Crippen molar-refractivity contribution in [2.24, 2.45) is 0 Å². The van der Waals surface area contributed by atoms with Crippen LogP contribution in [0.4, 0.5) is 5.82 Å². The van der Waals surface area contributed by atoms with Gasteiger partial charge < -0.3 is 15.2 Å². The monoisotopic (exact) mass is 253 g/mol. The molecule has 18 heavy (non-hydrogen) atoms. The van der Waals surface area contributed by atoms with Gasteiger partial charge in [0.1, 0.15) is 11.6 Å². The number of aliphatic hydroxyl groups is 1. The van der Waals surface area contributed by atoms with Crippen LogP contribution in [0.1, 0.15) is 38.6 Å². The van der Waals surface area contributed by atoms with Crippen LogP contribution < -0.4 is 10.1 Å². The highest BCUT2D eigenvalue weighted by Crippen LogP contribution is 2.27. The highest BCUT2D eigenvalue weighted by Gasteiger charge is 2.21. The smallest absolute Gasteiger partial charge is 0.221 e. The maximum absolute atomic E-state index is 8.77. The zero-order valence-electron chi connectivity index (χ0n) is 11.9. The SMILES string of the molecule is CNc1nc(C(C)(C)C)nc(OCCCO)c1C. The summed E-state index contributed by atoms with van der Waals surface area (Å²) in [5, 5.41) is 11.8. The minimum absolute atomic E-state index is 0.120. The Labute approximate surface area is 109 Å². The molecule has 2 N–H and O–H groups in total. The average molecular weight is 253 g/mol. The van der Waals surface area contributed by atoms with E-state index in [2.05, 4.69) is 36.1 Å². The number of aromatic nitrogens is 2. The van der Waals surface area contributed by atoms with Gasteiger partial charge in [-0.2, -0.15) is 4.98 Å². The largest absolute Gasteiger partial charge is 0.477 e. The summed E-state index contributed by atoms with van der Waals surface area (Å²) in [4.78, 5) is 8.97. The summed E-state index contributed by atoms with van der Waals surface area (Å²) in [5.41, 5.74) is 0.762. The Balaban J connectivity index is 3.07. The van der Waals surface area contributed by atoms with Gasteiger partial charge in [0.2, 0.25) is 5.88 Å². The molecule has 0 aliphatic rings. The van der Waals surface area contributed by atoms with Gasteiger partial charge in [-0.15, -0.1) is 0 Å². The van der Waals surface area contributed by atoms with E-state index in [9.17, 15) is 0 Å². The molecule has 1 aromatic heterocycles. The predicted molar refractivity (Wildman–Crippen MR) is 72.2 cm³/mol. The number of anilines is 1. The number of nitrogens with zero attached hydrogens (tertiary/aromatic N) is 2. The fraction of sp³-hybridized carbons (Fsp3) is 0.692. The van der Waals surface area contributed by atoms with Gasteiger partial charge in [-0.3, -0.25) is 0 Å². The van der Waals surface area contributed by atoms with Crippen LogP contribution in [0.5, 0.6) is 5.88 Å². The maximum Gasteiger partial charge on any atom is 0.221 e. The van der Waals surface area contributed by atoms with Crippen LogP contribution in [0.2, 0.25) is 0 Å². The Morgan fingerprint density at radius 2 is 1.94 bits per heavy atom. The van der Waals surface area contributed by atoms with Gasteiger partial charge in [-0.25, -0.2) is 4.98 Å². The van der Waals surface area contributed by atoms with Crippen LogP contribution >= 0.6 is 0 Å². The molecular formula is C13H23N3O2. The van der Waals surface area contributed by atoms with Gasteiger partial charge in [0, 0.05) is 25.5 Å². The summed E-state index contributed by atoms with van der Waals surface area (Å²) in [5.74, 6) is 2.12. The molecule has 0 aromatic carbocycles. The number of nitrogens with one attached hydrogen (secondary N) is 1. The van der Waals surface area contributed by atoms with Gasteiger partial charge in [-0.05, 0) is 6.92 Å². The van der Waals surface area contributed by atoms with Crippen molar-refractivity contribution in [3.8, 4) is 5.88 Å². The Kier molecular flexibility index (Phi) is 4.90. The number of aliphatic hydroxyl groups excluding tert-OH is 1. The van der Waals surface area contributed by atoms with E-state index in [0.717, 1.165) is 17.2 Å². The van der Waals surface area contributed by atoms with E-state index in [-0.39, 0.29) is 12.0 Å². The zero-order valence-corrected chi connectivity index (χ0v) is 11.9. The summed E-state index contributed by atoms with van der Waals surface area (Å²) >= 11 is 0. The standard InChI is InChI=1S/C13H23N3O2/c1-9-10(14-5)15-12(13(2,3)4)16-11(9)18-8-6-7-17/h17H,6-8H2,1-5H3,(H,14,15,16). The summed E-state index contributed by atoms with van der Waals surface area (Å²) in [6, 6.07) is 0. The molecule has 0 spiro atoms. The minimum Gasteiger partial charge on any atom is -0.477 e. The Hall–Kier alpha value is -1.36.